The Kier molecular flexibility index (Phi) is 7.10. The summed E-state index contributed by atoms with van der Waals surface area (Å²) in [5.74, 6) is -1.28. The summed E-state index contributed by atoms with van der Waals surface area (Å²) in [5, 5.41) is 7.96. The van der Waals surface area contributed by atoms with Gasteiger partial charge in [0.1, 0.15) is 11.6 Å². The molecule has 0 aliphatic carbocycles. The number of benzene rings is 2. The number of oxazole rings is 1. The molecule has 0 saturated carbocycles. The Labute approximate surface area is 177 Å². The van der Waals surface area contributed by atoms with Crippen LogP contribution in [0.1, 0.15) is 12.3 Å². The predicted molar refractivity (Wildman–Crippen MR) is 112 cm³/mol. The van der Waals surface area contributed by atoms with Gasteiger partial charge in [0.25, 0.3) is 0 Å². The number of nitrogens with one attached hydrogen (secondary N) is 3. The molecule has 0 spiro atoms. The van der Waals surface area contributed by atoms with Gasteiger partial charge in [-0.05, 0) is 36.4 Å². The monoisotopic (exact) mass is 426 g/mol. The average molecular weight is 426 g/mol. The number of amides is 3. The Morgan fingerprint density at radius 1 is 1.06 bits per heavy atom. The Morgan fingerprint density at radius 2 is 1.77 bits per heavy atom. The second-order valence-corrected chi connectivity index (χ2v) is 6.49. The van der Waals surface area contributed by atoms with Crippen LogP contribution in [0.15, 0.2) is 65.7 Å². The van der Waals surface area contributed by atoms with Crippen molar-refractivity contribution in [2.75, 3.05) is 17.2 Å². The summed E-state index contributed by atoms with van der Waals surface area (Å²) in [6.07, 6.45) is 3.20. The second kappa shape index (κ2) is 10.1. The molecule has 1 heterocycles. The highest BCUT2D eigenvalue weighted by atomic mass is 19.1. The van der Waals surface area contributed by atoms with E-state index in [1.165, 1.54) is 12.3 Å². The number of hydrogen-bond donors (Lipinski definition) is 3. The molecule has 0 saturated heterocycles. The van der Waals surface area contributed by atoms with Crippen LogP contribution >= 0.6 is 0 Å². The van der Waals surface area contributed by atoms with Gasteiger partial charge in [-0.2, -0.15) is 0 Å². The lowest BCUT2D eigenvalue weighted by atomic mass is 10.2. The summed E-state index contributed by atoms with van der Waals surface area (Å²) in [6, 6.07) is 9.41. The lowest BCUT2D eigenvalue weighted by molar-refractivity contribution is -0.116. The smallest absolute Gasteiger partial charge is 0.319 e. The second-order valence-electron chi connectivity index (χ2n) is 6.49. The Hall–Kier alpha value is -4.01. The van der Waals surface area contributed by atoms with Crippen molar-refractivity contribution in [1.29, 1.82) is 0 Å². The van der Waals surface area contributed by atoms with Crippen molar-refractivity contribution in [1.82, 2.24) is 10.3 Å². The highest BCUT2D eigenvalue weighted by Gasteiger charge is 2.13. The van der Waals surface area contributed by atoms with Crippen LogP contribution in [0.3, 0.4) is 0 Å². The molecule has 7 nitrogen and oxygen atoms in total. The van der Waals surface area contributed by atoms with Crippen molar-refractivity contribution in [2.24, 2.45) is 0 Å². The van der Waals surface area contributed by atoms with Gasteiger partial charge in [0.15, 0.2) is 11.7 Å². The zero-order chi connectivity index (χ0) is 22.2. The van der Waals surface area contributed by atoms with Gasteiger partial charge in [0.05, 0.1) is 11.8 Å². The van der Waals surface area contributed by atoms with Gasteiger partial charge < -0.3 is 20.4 Å². The summed E-state index contributed by atoms with van der Waals surface area (Å²) >= 11 is 0. The number of halogens is 2. The minimum atomic E-state index is -0.753. The number of carbonyl (C=O) groups excluding carboxylic acids is 2. The third kappa shape index (κ3) is 6.23. The maximum atomic E-state index is 13.8. The molecule has 9 heteroatoms. The van der Waals surface area contributed by atoms with E-state index in [1.807, 2.05) is 0 Å². The first kappa shape index (κ1) is 21.7. The molecule has 2 aromatic carbocycles. The van der Waals surface area contributed by atoms with E-state index in [1.54, 1.807) is 30.3 Å². The zero-order valence-corrected chi connectivity index (χ0v) is 16.5. The zero-order valence-electron chi connectivity index (χ0n) is 16.5. The molecular weight excluding hydrogens is 406 g/mol. The molecule has 0 radical (unpaired) electrons. The third-order valence-electron chi connectivity index (χ3n) is 4.15. The maximum Gasteiger partial charge on any atom is 0.319 e. The topological polar surface area (TPSA) is 96.3 Å². The van der Waals surface area contributed by atoms with Crippen molar-refractivity contribution in [3.63, 3.8) is 0 Å². The lowest BCUT2D eigenvalue weighted by Crippen LogP contribution is -2.28. The molecule has 3 aromatic rings. The molecule has 0 atom stereocenters. The highest BCUT2D eigenvalue weighted by Crippen LogP contribution is 2.24. The molecule has 31 heavy (non-hydrogen) atoms. The number of anilines is 2. The molecule has 3 rings (SSSR count). The van der Waals surface area contributed by atoms with Gasteiger partial charge in [-0.3, -0.25) is 4.79 Å². The van der Waals surface area contributed by atoms with Crippen LogP contribution in [0.2, 0.25) is 0 Å². The maximum absolute atomic E-state index is 13.8. The molecule has 3 N–H and O–H groups in total. The number of urea groups is 1. The molecule has 0 aliphatic rings. The number of carbonyl (C=O) groups is 2. The van der Waals surface area contributed by atoms with Crippen LogP contribution < -0.4 is 16.0 Å². The Morgan fingerprint density at radius 3 is 2.45 bits per heavy atom. The van der Waals surface area contributed by atoms with Gasteiger partial charge in [0, 0.05) is 36.8 Å². The van der Waals surface area contributed by atoms with E-state index in [9.17, 15) is 18.4 Å². The largest absolute Gasteiger partial charge is 0.441 e. The van der Waals surface area contributed by atoms with Gasteiger partial charge in [-0.1, -0.05) is 6.08 Å². The van der Waals surface area contributed by atoms with Crippen molar-refractivity contribution in [3.05, 3.63) is 78.8 Å². The molecule has 160 valence electrons. The fourth-order valence-electron chi connectivity index (χ4n) is 2.66. The van der Waals surface area contributed by atoms with Crippen LogP contribution in [0.4, 0.5) is 25.0 Å². The predicted octanol–water partition coefficient (Wildman–Crippen LogP) is 4.50. The minimum absolute atomic E-state index is 0.0931. The Balaban J connectivity index is 1.50. The van der Waals surface area contributed by atoms with Crippen LogP contribution in [0.5, 0.6) is 0 Å². The fourth-order valence-corrected chi connectivity index (χ4v) is 2.66. The number of hydrogen-bond acceptors (Lipinski definition) is 4. The van der Waals surface area contributed by atoms with Gasteiger partial charge in [-0.15, -0.1) is 6.58 Å². The van der Waals surface area contributed by atoms with E-state index in [2.05, 4.69) is 27.5 Å². The van der Waals surface area contributed by atoms with E-state index in [0.717, 1.165) is 12.1 Å². The van der Waals surface area contributed by atoms with Crippen LogP contribution in [-0.2, 0) is 11.2 Å². The van der Waals surface area contributed by atoms with Crippen molar-refractivity contribution < 1.29 is 22.8 Å². The SMILES string of the molecule is C=CCNC(=O)Nc1ccc(NC(=O)CCc2ncc(-c3ccc(F)cc3F)o2)cc1. The summed E-state index contributed by atoms with van der Waals surface area (Å²) in [7, 11) is 0. The minimum Gasteiger partial charge on any atom is -0.441 e. The summed E-state index contributed by atoms with van der Waals surface area (Å²) in [5.41, 5.74) is 1.22. The van der Waals surface area contributed by atoms with Crippen LogP contribution in [0, 0.1) is 11.6 Å². The standard InChI is InChI=1S/C22H20F2N4O3/c1-2-11-25-22(30)28-16-6-4-15(5-7-16)27-20(29)9-10-21-26-13-19(31-21)17-8-3-14(23)12-18(17)24/h2-8,12-13H,1,9-11H2,(H,27,29)(H2,25,28,30). The average Bonchev–Trinajstić information content (AvgIpc) is 3.21. The van der Waals surface area contributed by atoms with Gasteiger partial charge in [0.2, 0.25) is 5.91 Å². The lowest BCUT2D eigenvalue weighted by Gasteiger charge is -2.08. The first-order chi connectivity index (χ1) is 14.9. The summed E-state index contributed by atoms with van der Waals surface area (Å²) in [6.45, 7) is 3.87. The molecule has 0 aliphatic heterocycles. The molecule has 0 bridgehead atoms. The highest BCUT2D eigenvalue weighted by molar-refractivity contribution is 5.92. The van der Waals surface area contributed by atoms with Gasteiger partial charge >= 0.3 is 6.03 Å². The first-order valence-corrected chi connectivity index (χ1v) is 9.40. The first-order valence-electron chi connectivity index (χ1n) is 9.40. The van der Waals surface area contributed by atoms with Gasteiger partial charge in [-0.25, -0.2) is 18.6 Å². The van der Waals surface area contributed by atoms with Crippen molar-refractivity contribution in [2.45, 2.75) is 12.8 Å². The number of nitrogens with zero attached hydrogens (tertiary/aromatic N) is 1. The quantitative estimate of drug-likeness (QED) is 0.462. The van der Waals surface area contributed by atoms with Crippen LogP contribution in [-0.4, -0.2) is 23.5 Å². The van der Waals surface area contributed by atoms with E-state index in [0.29, 0.717) is 17.9 Å². The van der Waals surface area contributed by atoms with E-state index in [-0.39, 0.29) is 42.0 Å². The molecule has 3 amide bonds. The van der Waals surface area contributed by atoms with E-state index < -0.39 is 11.6 Å². The molecule has 0 unspecified atom stereocenters. The third-order valence-corrected chi connectivity index (χ3v) is 4.15. The number of aromatic nitrogens is 1. The number of aryl methyl sites for hydroxylation is 1. The summed E-state index contributed by atoms with van der Waals surface area (Å²) in [4.78, 5) is 27.8. The van der Waals surface area contributed by atoms with Crippen LogP contribution in [0.25, 0.3) is 11.3 Å². The normalized spacial score (nSPS) is 10.4. The molecule has 1 aromatic heterocycles. The van der Waals surface area contributed by atoms with E-state index >= 15 is 0 Å². The number of rotatable bonds is 8. The van der Waals surface area contributed by atoms with Crippen molar-refractivity contribution in [3.8, 4) is 11.3 Å². The summed E-state index contributed by atoms with van der Waals surface area (Å²) < 4.78 is 32.3. The van der Waals surface area contributed by atoms with E-state index in [4.69, 9.17) is 4.42 Å². The Bertz CT molecular complexity index is 1080. The fraction of sp³-hybridized carbons (Fsp3) is 0.136. The molecule has 0 fully saturated rings. The molecular formula is C22H20F2N4O3. The van der Waals surface area contributed by atoms with Crippen molar-refractivity contribution >= 4 is 23.3 Å².